The highest BCUT2D eigenvalue weighted by atomic mass is 19.4. The zero-order chi connectivity index (χ0) is 30.2. The maximum Gasteiger partial charge on any atom is 0.416 e. The topological polar surface area (TPSA) is 65.5 Å². The monoisotopic (exact) mass is 588 g/mol. The molecule has 2 fully saturated rings. The summed E-state index contributed by atoms with van der Waals surface area (Å²) in [5.41, 5.74) is 1.83. The standard InChI is InChI=1S/C31H36F4N4O3/c1-30(2,3)42-29(41)39-10-8-21(9-11-39)24-16-22-17-27(36-26(22)18-25(24)32)28(40)38-14-12-37(13-15-38)19-20-4-6-23(7-5-20)31(33,34)35/h4-7,16,18,21H,8-15,17,19H2,1-3H3. The molecule has 0 N–H and O–H groups in total. The van der Waals surface area contributed by atoms with Gasteiger partial charge in [-0.25, -0.2) is 14.2 Å². The average Bonchev–Trinajstić information content (AvgIpc) is 3.34. The summed E-state index contributed by atoms with van der Waals surface area (Å²) in [5.74, 6) is -0.557. The van der Waals surface area contributed by atoms with E-state index in [1.165, 1.54) is 18.2 Å². The molecule has 0 aromatic heterocycles. The number of hydrogen-bond acceptors (Lipinski definition) is 5. The van der Waals surface area contributed by atoms with Crippen LogP contribution in [-0.4, -0.2) is 77.3 Å². The Morgan fingerprint density at radius 1 is 0.929 bits per heavy atom. The van der Waals surface area contributed by atoms with Crippen LogP contribution in [0.25, 0.3) is 0 Å². The summed E-state index contributed by atoms with van der Waals surface area (Å²) >= 11 is 0. The van der Waals surface area contributed by atoms with Gasteiger partial charge in [-0.3, -0.25) is 9.69 Å². The molecule has 3 aliphatic rings. The number of rotatable bonds is 4. The largest absolute Gasteiger partial charge is 0.444 e. The number of piperidine rings is 1. The summed E-state index contributed by atoms with van der Waals surface area (Å²) in [6.07, 6.45) is -3.13. The van der Waals surface area contributed by atoms with Crippen molar-refractivity contribution in [3.8, 4) is 0 Å². The fraction of sp³-hybridized carbons (Fsp3) is 0.516. The number of hydrogen-bond donors (Lipinski definition) is 0. The molecule has 2 aromatic carbocycles. The number of nitrogens with zero attached hydrogens (tertiary/aromatic N) is 4. The Morgan fingerprint density at radius 2 is 1.57 bits per heavy atom. The molecule has 2 saturated heterocycles. The molecule has 2 amide bonds. The van der Waals surface area contributed by atoms with E-state index in [0.717, 1.165) is 23.3 Å². The minimum atomic E-state index is -4.36. The predicted octanol–water partition coefficient (Wildman–Crippen LogP) is 5.93. The van der Waals surface area contributed by atoms with Gasteiger partial charge in [0.25, 0.3) is 5.91 Å². The van der Waals surface area contributed by atoms with E-state index in [1.54, 1.807) is 9.80 Å². The molecule has 0 radical (unpaired) electrons. The number of likely N-dealkylation sites (tertiary alicyclic amines) is 1. The van der Waals surface area contributed by atoms with Crippen LogP contribution in [0.5, 0.6) is 0 Å². The average molecular weight is 589 g/mol. The number of ether oxygens (including phenoxy) is 1. The lowest BCUT2D eigenvalue weighted by molar-refractivity contribution is -0.137. The van der Waals surface area contributed by atoms with Gasteiger partial charge in [0.05, 0.1) is 11.3 Å². The molecule has 0 unspecified atom stereocenters. The molecule has 5 rings (SSSR count). The summed E-state index contributed by atoms with van der Waals surface area (Å²) in [6.45, 7) is 9.09. The zero-order valence-corrected chi connectivity index (χ0v) is 24.1. The van der Waals surface area contributed by atoms with E-state index in [-0.39, 0.29) is 23.7 Å². The van der Waals surface area contributed by atoms with Crippen LogP contribution in [0.3, 0.4) is 0 Å². The molecule has 11 heteroatoms. The van der Waals surface area contributed by atoms with E-state index in [1.807, 2.05) is 26.8 Å². The molecule has 226 valence electrons. The van der Waals surface area contributed by atoms with Crippen molar-refractivity contribution in [1.29, 1.82) is 0 Å². The first-order valence-corrected chi connectivity index (χ1v) is 14.3. The van der Waals surface area contributed by atoms with Crippen molar-refractivity contribution in [1.82, 2.24) is 14.7 Å². The maximum atomic E-state index is 15.2. The second kappa shape index (κ2) is 11.7. The minimum absolute atomic E-state index is 0.0357. The summed E-state index contributed by atoms with van der Waals surface area (Å²) in [4.78, 5) is 35.6. The van der Waals surface area contributed by atoms with Gasteiger partial charge >= 0.3 is 12.3 Å². The maximum absolute atomic E-state index is 15.2. The fourth-order valence-corrected chi connectivity index (χ4v) is 5.72. The first-order chi connectivity index (χ1) is 19.8. The number of fused-ring (bicyclic) bond motifs is 1. The van der Waals surface area contributed by atoms with Gasteiger partial charge in [-0.1, -0.05) is 18.2 Å². The summed E-state index contributed by atoms with van der Waals surface area (Å²) in [7, 11) is 0. The molecule has 7 nitrogen and oxygen atoms in total. The highest BCUT2D eigenvalue weighted by Crippen LogP contribution is 2.37. The zero-order valence-electron chi connectivity index (χ0n) is 24.1. The third-order valence-corrected chi connectivity index (χ3v) is 7.99. The van der Waals surface area contributed by atoms with Gasteiger partial charge in [0.1, 0.15) is 17.1 Å². The predicted molar refractivity (Wildman–Crippen MR) is 150 cm³/mol. The Bertz CT molecular complexity index is 1350. The van der Waals surface area contributed by atoms with Gasteiger partial charge in [-0.05, 0) is 68.4 Å². The molecule has 0 atom stereocenters. The molecular weight excluding hydrogens is 552 g/mol. The highest BCUT2D eigenvalue weighted by molar-refractivity contribution is 6.40. The minimum Gasteiger partial charge on any atom is -0.444 e. The first-order valence-electron chi connectivity index (χ1n) is 14.3. The Labute approximate surface area is 243 Å². The third-order valence-electron chi connectivity index (χ3n) is 7.99. The molecule has 0 saturated carbocycles. The van der Waals surface area contributed by atoms with Gasteiger partial charge in [0, 0.05) is 58.3 Å². The quantitative estimate of drug-likeness (QED) is 0.416. The molecule has 42 heavy (non-hydrogen) atoms. The number of carbonyl (C=O) groups excluding carboxylic acids is 2. The van der Waals surface area contributed by atoms with Crippen LogP contribution in [-0.2, 0) is 28.7 Å². The Balaban J connectivity index is 1.13. The van der Waals surface area contributed by atoms with Crippen LogP contribution >= 0.6 is 0 Å². The van der Waals surface area contributed by atoms with Crippen LogP contribution in [0.15, 0.2) is 41.4 Å². The van der Waals surface area contributed by atoms with Crippen molar-refractivity contribution in [3.05, 3.63) is 64.5 Å². The van der Waals surface area contributed by atoms with Gasteiger partial charge in [0.15, 0.2) is 0 Å². The van der Waals surface area contributed by atoms with Gasteiger partial charge in [0.2, 0.25) is 0 Å². The smallest absolute Gasteiger partial charge is 0.416 e. The molecule has 3 aliphatic heterocycles. The Morgan fingerprint density at radius 3 is 2.17 bits per heavy atom. The summed E-state index contributed by atoms with van der Waals surface area (Å²) < 4.78 is 59.1. The van der Waals surface area contributed by atoms with Gasteiger partial charge in [-0.15, -0.1) is 0 Å². The third kappa shape index (κ3) is 6.94. The summed E-state index contributed by atoms with van der Waals surface area (Å²) in [5, 5.41) is 0. The van der Waals surface area contributed by atoms with E-state index in [4.69, 9.17) is 4.74 Å². The van der Waals surface area contributed by atoms with Crippen LogP contribution in [0.2, 0.25) is 0 Å². The Hall–Kier alpha value is -3.47. The number of piperazine rings is 1. The number of benzene rings is 2. The first kappa shape index (κ1) is 30.0. The van der Waals surface area contributed by atoms with Gasteiger partial charge < -0.3 is 14.5 Å². The second-order valence-electron chi connectivity index (χ2n) is 12.2. The molecule has 0 aliphatic carbocycles. The van der Waals surface area contributed by atoms with E-state index < -0.39 is 17.3 Å². The van der Waals surface area contributed by atoms with Crippen molar-refractivity contribution in [2.75, 3.05) is 39.3 Å². The molecular formula is C31H36F4N4O3. The molecule has 0 spiro atoms. The molecule has 3 heterocycles. The fourth-order valence-electron chi connectivity index (χ4n) is 5.72. The summed E-state index contributed by atoms with van der Waals surface area (Å²) in [6, 6.07) is 8.39. The van der Waals surface area contributed by atoms with E-state index in [2.05, 4.69) is 9.89 Å². The number of aliphatic imine (C=N–C) groups is 1. The number of halogens is 4. The number of alkyl halides is 3. The van der Waals surface area contributed by atoms with Crippen molar-refractivity contribution in [2.45, 2.75) is 64.3 Å². The van der Waals surface area contributed by atoms with Crippen LogP contribution < -0.4 is 0 Å². The lowest BCUT2D eigenvalue weighted by Crippen LogP contribution is -2.50. The van der Waals surface area contributed by atoms with Crippen LogP contribution in [0, 0.1) is 5.82 Å². The second-order valence-corrected chi connectivity index (χ2v) is 12.2. The number of carbonyl (C=O) groups is 2. The van der Waals surface area contributed by atoms with Crippen LogP contribution in [0.4, 0.5) is 28.0 Å². The SMILES string of the molecule is CC(C)(C)OC(=O)N1CCC(c2cc3c(cc2F)N=C(C(=O)N2CCN(Cc4ccc(C(F)(F)F)cc4)CC2)C3)CC1. The van der Waals surface area contributed by atoms with E-state index in [0.29, 0.717) is 82.0 Å². The normalized spacial score (nSPS) is 18.6. The molecule has 0 bridgehead atoms. The lowest BCUT2D eigenvalue weighted by Gasteiger charge is -2.34. The van der Waals surface area contributed by atoms with Crippen molar-refractivity contribution in [3.63, 3.8) is 0 Å². The van der Waals surface area contributed by atoms with E-state index >= 15 is 4.39 Å². The number of amides is 2. The molecule has 2 aromatic rings. The van der Waals surface area contributed by atoms with Crippen molar-refractivity contribution < 1.29 is 31.9 Å². The van der Waals surface area contributed by atoms with Crippen LogP contribution in [0.1, 0.15) is 61.8 Å². The van der Waals surface area contributed by atoms with Gasteiger partial charge in [-0.2, -0.15) is 13.2 Å². The van der Waals surface area contributed by atoms with Crippen molar-refractivity contribution >= 4 is 23.4 Å². The lowest BCUT2D eigenvalue weighted by atomic mass is 9.87. The Kier molecular flexibility index (Phi) is 8.33. The van der Waals surface area contributed by atoms with Crippen molar-refractivity contribution in [2.24, 2.45) is 4.99 Å². The van der Waals surface area contributed by atoms with E-state index in [9.17, 15) is 22.8 Å². The highest BCUT2D eigenvalue weighted by Gasteiger charge is 2.33.